The number of fused-ring (bicyclic) bond motifs is 1. The predicted molar refractivity (Wildman–Crippen MR) is 114 cm³/mol. The monoisotopic (exact) mass is 482 g/mol. The van der Waals surface area contributed by atoms with Gasteiger partial charge < -0.3 is 10.6 Å². The summed E-state index contributed by atoms with van der Waals surface area (Å²) in [5.74, 6) is -2.55. The number of sulfonamides is 2. The Morgan fingerprint density at radius 1 is 1.12 bits per heavy atom. The van der Waals surface area contributed by atoms with E-state index in [1.165, 1.54) is 18.2 Å². The minimum Gasteiger partial charge on any atom is -0.335 e. The van der Waals surface area contributed by atoms with Crippen LogP contribution >= 0.6 is 0 Å². The summed E-state index contributed by atoms with van der Waals surface area (Å²) in [5, 5.41) is 10.4. The number of hydrogen-bond acceptors (Lipinski definition) is 8. The lowest BCUT2D eigenvalue weighted by Gasteiger charge is -2.12. The van der Waals surface area contributed by atoms with E-state index in [-0.39, 0.29) is 45.0 Å². The van der Waals surface area contributed by atoms with E-state index < -0.39 is 31.7 Å². The van der Waals surface area contributed by atoms with Crippen molar-refractivity contribution in [2.24, 2.45) is 5.14 Å². The summed E-state index contributed by atoms with van der Waals surface area (Å²) >= 11 is 0. The Morgan fingerprint density at radius 3 is 2.59 bits per heavy atom. The predicted octanol–water partition coefficient (Wildman–Crippen LogP) is 2.45. The second-order valence-electron chi connectivity index (χ2n) is 7.02. The van der Waals surface area contributed by atoms with Crippen molar-refractivity contribution in [3.63, 3.8) is 0 Å². The Morgan fingerprint density at radius 2 is 1.88 bits per heavy atom. The minimum absolute atomic E-state index is 0.106. The highest BCUT2D eigenvalue weighted by molar-refractivity contribution is 7.92. The molecule has 14 heteroatoms. The number of aromatic nitrogens is 2. The molecule has 0 bridgehead atoms. The Balaban J connectivity index is 1.63. The van der Waals surface area contributed by atoms with Gasteiger partial charge in [-0.2, -0.15) is 4.98 Å². The number of benzene rings is 2. The maximum atomic E-state index is 14.4. The number of hydrogen-bond donors (Lipinski definition) is 4. The second-order valence-corrected chi connectivity index (χ2v) is 10.3. The van der Waals surface area contributed by atoms with E-state index in [1.54, 1.807) is 13.0 Å². The first-order chi connectivity index (χ1) is 14.9. The van der Waals surface area contributed by atoms with Crippen molar-refractivity contribution < 1.29 is 25.6 Å². The van der Waals surface area contributed by atoms with Gasteiger partial charge in [-0.15, -0.1) is 0 Å². The first-order valence-corrected chi connectivity index (χ1v) is 12.1. The molecule has 0 amide bonds. The first kappa shape index (κ1) is 21.9. The van der Waals surface area contributed by atoms with Gasteiger partial charge >= 0.3 is 0 Å². The second kappa shape index (κ2) is 7.65. The third-order valence-electron chi connectivity index (χ3n) is 4.55. The highest BCUT2D eigenvalue weighted by atomic mass is 32.2. The lowest BCUT2D eigenvalue weighted by atomic mass is 10.1. The SMILES string of the molecule is Cc1ccc(Nc2ncc(F)c(Nc3cc4c(cc3F)CS(=O)(=O)N4)n2)cc1S(N)(=O)=O. The molecule has 10 nitrogen and oxygen atoms in total. The molecule has 1 aliphatic heterocycles. The number of nitrogens with one attached hydrogen (secondary N) is 3. The van der Waals surface area contributed by atoms with Crippen LogP contribution in [0.15, 0.2) is 41.4 Å². The quantitative estimate of drug-likeness (QED) is 0.432. The van der Waals surface area contributed by atoms with Crippen LogP contribution in [-0.4, -0.2) is 26.8 Å². The number of rotatable bonds is 5. The molecule has 4 rings (SSSR count). The van der Waals surface area contributed by atoms with Crippen LogP contribution in [-0.2, 0) is 25.8 Å². The molecule has 1 aliphatic rings. The molecule has 0 atom stereocenters. The summed E-state index contributed by atoms with van der Waals surface area (Å²) in [6.45, 7) is 1.57. The molecule has 0 aliphatic carbocycles. The number of nitrogens with two attached hydrogens (primary N) is 1. The molecule has 2 heterocycles. The maximum Gasteiger partial charge on any atom is 0.238 e. The molecule has 0 spiro atoms. The molecule has 32 heavy (non-hydrogen) atoms. The van der Waals surface area contributed by atoms with Crippen molar-refractivity contribution in [3.8, 4) is 0 Å². The Labute approximate surface area is 182 Å². The van der Waals surface area contributed by atoms with Gasteiger partial charge in [-0.05, 0) is 42.3 Å². The molecular formula is C18H16F2N6O4S2. The van der Waals surface area contributed by atoms with E-state index in [4.69, 9.17) is 5.14 Å². The summed E-state index contributed by atoms with van der Waals surface area (Å²) in [5.41, 5.74) is 0.933. The topological polar surface area (TPSA) is 156 Å². The van der Waals surface area contributed by atoms with Gasteiger partial charge in [-0.3, -0.25) is 4.72 Å². The zero-order valence-electron chi connectivity index (χ0n) is 16.3. The van der Waals surface area contributed by atoms with Crippen molar-refractivity contribution in [2.75, 3.05) is 15.4 Å². The van der Waals surface area contributed by atoms with Gasteiger partial charge in [0, 0.05) is 5.69 Å². The fourth-order valence-electron chi connectivity index (χ4n) is 3.09. The summed E-state index contributed by atoms with van der Waals surface area (Å²) in [7, 11) is -7.55. The lowest BCUT2D eigenvalue weighted by Crippen LogP contribution is -2.14. The van der Waals surface area contributed by atoms with Crippen molar-refractivity contribution in [1.29, 1.82) is 0 Å². The average Bonchev–Trinajstić information content (AvgIpc) is 2.98. The van der Waals surface area contributed by atoms with E-state index in [2.05, 4.69) is 25.3 Å². The number of nitrogens with zero attached hydrogens (tertiary/aromatic N) is 2. The molecule has 1 aromatic heterocycles. The Bertz CT molecular complexity index is 1460. The van der Waals surface area contributed by atoms with Crippen LogP contribution in [0.3, 0.4) is 0 Å². The third-order valence-corrected chi connectivity index (χ3v) is 6.83. The fraction of sp³-hybridized carbons (Fsp3) is 0.111. The average molecular weight is 482 g/mol. The van der Waals surface area contributed by atoms with Crippen molar-refractivity contribution in [1.82, 2.24) is 9.97 Å². The molecule has 0 radical (unpaired) electrons. The van der Waals surface area contributed by atoms with Gasteiger partial charge in [0.2, 0.25) is 26.0 Å². The molecule has 0 saturated carbocycles. The van der Waals surface area contributed by atoms with Gasteiger partial charge in [0.25, 0.3) is 0 Å². The van der Waals surface area contributed by atoms with E-state index in [9.17, 15) is 25.6 Å². The van der Waals surface area contributed by atoms with Crippen LogP contribution in [0, 0.1) is 18.6 Å². The van der Waals surface area contributed by atoms with Crippen LogP contribution in [0.2, 0.25) is 0 Å². The minimum atomic E-state index is -3.97. The number of aryl methyl sites for hydroxylation is 1. The van der Waals surface area contributed by atoms with Crippen LogP contribution in [0.5, 0.6) is 0 Å². The molecular weight excluding hydrogens is 466 g/mol. The van der Waals surface area contributed by atoms with Crippen LogP contribution < -0.4 is 20.5 Å². The van der Waals surface area contributed by atoms with E-state index in [0.717, 1.165) is 12.3 Å². The van der Waals surface area contributed by atoms with Crippen LogP contribution in [0.4, 0.5) is 37.6 Å². The molecule has 0 unspecified atom stereocenters. The maximum absolute atomic E-state index is 14.4. The molecule has 2 aromatic carbocycles. The third kappa shape index (κ3) is 4.46. The van der Waals surface area contributed by atoms with Gasteiger partial charge in [-0.25, -0.2) is 35.7 Å². The molecule has 0 fully saturated rings. The zero-order valence-corrected chi connectivity index (χ0v) is 18.0. The fourth-order valence-corrected chi connectivity index (χ4v) is 5.14. The zero-order chi connectivity index (χ0) is 23.3. The molecule has 5 N–H and O–H groups in total. The summed E-state index contributed by atoms with van der Waals surface area (Å²) < 4.78 is 77.7. The largest absolute Gasteiger partial charge is 0.335 e. The molecule has 3 aromatic rings. The first-order valence-electron chi connectivity index (χ1n) is 8.94. The highest BCUT2D eigenvalue weighted by Gasteiger charge is 2.25. The molecule has 168 valence electrons. The normalized spacial score (nSPS) is 14.5. The standard InChI is InChI=1S/C18H16F2N6O4S2/c1-9-2-3-11(5-16(9)32(21,29)30)23-18-22-7-13(20)17(25-18)24-15-6-14-10(4-12(15)19)8-31(27,28)26-14/h2-7,26H,8H2,1H3,(H2,21,29,30)(H2,22,23,24,25). The van der Waals surface area contributed by atoms with Gasteiger partial charge in [-0.1, -0.05) is 6.07 Å². The van der Waals surface area contributed by atoms with E-state index in [1.807, 2.05) is 0 Å². The van der Waals surface area contributed by atoms with E-state index in [0.29, 0.717) is 5.56 Å². The summed E-state index contributed by atoms with van der Waals surface area (Å²) in [6, 6.07) is 6.58. The van der Waals surface area contributed by atoms with E-state index >= 15 is 0 Å². The number of halogens is 2. The molecule has 0 saturated heterocycles. The Kier molecular flexibility index (Phi) is 5.22. The summed E-state index contributed by atoms with van der Waals surface area (Å²) in [4.78, 5) is 7.63. The van der Waals surface area contributed by atoms with Gasteiger partial charge in [0.15, 0.2) is 11.6 Å². The van der Waals surface area contributed by atoms with Crippen LogP contribution in [0.1, 0.15) is 11.1 Å². The van der Waals surface area contributed by atoms with Crippen molar-refractivity contribution in [3.05, 3.63) is 59.3 Å². The Hall–Kier alpha value is -3.36. The smallest absolute Gasteiger partial charge is 0.238 e. The lowest BCUT2D eigenvalue weighted by molar-refractivity contribution is 0.596. The highest BCUT2D eigenvalue weighted by Crippen LogP contribution is 2.33. The van der Waals surface area contributed by atoms with Crippen molar-refractivity contribution >= 4 is 48.9 Å². The van der Waals surface area contributed by atoms with Crippen LogP contribution in [0.25, 0.3) is 0 Å². The van der Waals surface area contributed by atoms with Gasteiger partial charge in [0.05, 0.1) is 28.2 Å². The number of primary sulfonamides is 1. The van der Waals surface area contributed by atoms with Crippen molar-refractivity contribution in [2.45, 2.75) is 17.6 Å². The summed E-state index contributed by atoms with van der Waals surface area (Å²) in [6.07, 6.45) is 0.834. The number of anilines is 5. The van der Waals surface area contributed by atoms with Gasteiger partial charge in [0.1, 0.15) is 5.82 Å².